The molecule has 0 aromatic heterocycles. The van der Waals surface area contributed by atoms with E-state index in [1.165, 1.54) is 5.56 Å². The highest BCUT2D eigenvalue weighted by Gasteiger charge is 2.21. The Morgan fingerprint density at radius 3 is 1.82 bits per heavy atom. The van der Waals surface area contributed by atoms with Gasteiger partial charge < -0.3 is 9.84 Å². The minimum absolute atomic E-state index is 0.171. The molecule has 1 saturated heterocycles. The van der Waals surface area contributed by atoms with Crippen LogP contribution in [0, 0.1) is 0 Å². The van der Waals surface area contributed by atoms with Crippen LogP contribution in [-0.2, 0) is 4.74 Å². The summed E-state index contributed by atoms with van der Waals surface area (Å²) in [5.41, 5.74) is 3.45. The molecule has 0 amide bonds. The van der Waals surface area contributed by atoms with Crippen LogP contribution in [0.5, 0.6) is 0 Å². The number of aliphatic hydroxyl groups is 1. The number of β-amino-alcohol motifs (C(OH)–C–C–N with tert-alkyl or cyclic N) is 1. The Morgan fingerprint density at radius 1 is 0.727 bits per heavy atom. The van der Waals surface area contributed by atoms with Gasteiger partial charge >= 0.3 is 0 Å². The number of piperazine rings is 1. The fourth-order valence-electron chi connectivity index (χ4n) is 4.26. The molecule has 4 rings (SSSR count). The smallest absolute Gasteiger partial charge is 0.108 e. The van der Waals surface area contributed by atoms with Crippen LogP contribution in [0.25, 0.3) is 6.08 Å². The predicted molar refractivity (Wildman–Crippen MR) is 135 cm³/mol. The number of rotatable bonds is 10. The molecule has 1 N–H and O–H groups in total. The summed E-state index contributed by atoms with van der Waals surface area (Å²) in [6.45, 7) is 5.89. The van der Waals surface area contributed by atoms with Crippen LogP contribution < -0.4 is 0 Å². The second-order valence-electron chi connectivity index (χ2n) is 8.60. The fourth-order valence-corrected chi connectivity index (χ4v) is 4.26. The van der Waals surface area contributed by atoms with Gasteiger partial charge in [0.2, 0.25) is 0 Å². The summed E-state index contributed by atoms with van der Waals surface area (Å²) < 4.78 is 6.24. The largest absolute Gasteiger partial charge is 0.389 e. The van der Waals surface area contributed by atoms with Crippen molar-refractivity contribution in [3.63, 3.8) is 0 Å². The molecular formula is C29H34N2O2. The monoisotopic (exact) mass is 442 g/mol. The highest BCUT2D eigenvalue weighted by atomic mass is 16.5. The van der Waals surface area contributed by atoms with Gasteiger partial charge in [0.15, 0.2) is 0 Å². The van der Waals surface area contributed by atoms with E-state index in [0.29, 0.717) is 13.2 Å². The van der Waals surface area contributed by atoms with Crippen LogP contribution in [0.15, 0.2) is 97.1 Å². The molecule has 3 aromatic carbocycles. The van der Waals surface area contributed by atoms with Crippen molar-refractivity contribution in [3.8, 4) is 0 Å². The predicted octanol–water partition coefficient (Wildman–Crippen LogP) is 4.48. The molecule has 4 nitrogen and oxygen atoms in total. The van der Waals surface area contributed by atoms with Crippen LogP contribution in [0.4, 0.5) is 0 Å². The van der Waals surface area contributed by atoms with E-state index in [4.69, 9.17) is 4.74 Å². The lowest BCUT2D eigenvalue weighted by Crippen LogP contribution is -2.49. The van der Waals surface area contributed by atoms with Gasteiger partial charge in [-0.1, -0.05) is 103 Å². The van der Waals surface area contributed by atoms with Crippen LogP contribution in [-0.4, -0.2) is 66.9 Å². The Balaban J connectivity index is 1.22. The zero-order chi connectivity index (χ0) is 22.7. The van der Waals surface area contributed by atoms with Crippen LogP contribution in [0.1, 0.15) is 22.8 Å². The zero-order valence-corrected chi connectivity index (χ0v) is 19.2. The average Bonchev–Trinajstić information content (AvgIpc) is 2.87. The van der Waals surface area contributed by atoms with Crippen LogP contribution in [0.2, 0.25) is 0 Å². The summed E-state index contributed by atoms with van der Waals surface area (Å²) >= 11 is 0. The van der Waals surface area contributed by atoms with E-state index in [0.717, 1.165) is 43.9 Å². The van der Waals surface area contributed by atoms with Gasteiger partial charge in [-0.3, -0.25) is 9.80 Å². The fraction of sp³-hybridized carbons (Fsp3) is 0.310. The van der Waals surface area contributed by atoms with E-state index in [-0.39, 0.29) is 6.10 Å². The average molecular weight is 443 g/mol. The lowest BCUT2D eigenvalue weighted by atomic mass is 10.0. The minimum atomic E-state index is -0.510. The molecule has 3 aromatic rings. The van der Waals surface area contributed by atoms with E-state index in [9.17, 15) is 5.11 Å². The van der Waals surface area contributed by atoms with Gasteiger partial charge in [0.05, 0.1) is 12.7 Å². The molecule has 1 atom stereocenters. The summed E-state index contributed by atoms with van der Waals surface area (Å²) in [5.74, 6) is 0. The molecule has 1 fully saturated rings. The first-order valence-corrected chi connectivity index (χ1v) is 11.8. The third kappa shape index (κ3) is 7.37. The molecule has 1 unspecified atom stereocenters. The third-order valence-corrected chi connectivity index (χ3v) is 6.07. The van der Waals surface area contributed by atoms with Crippen molar-refractivity contribution in [2.24, 2.45) is 0 Å². The van der Waals surface area contributed by atoms with Gasteiger partial charge in [-0.15, -0.1) is 0 Å². The standard InChI is InChI=1S/C29H34N2O2/c32-28(24-33-29(26-14-6-2-7-15-26)27-16-8-3-9-17-27)23-31-21-19-30(20-22-31)18-10-13-25-11-4-1-5-12-25/h1-17,28-29,32H,18-24H2/b13-10+. The van der Waals surface area contributed by atoms with Crippen LogP contribution in [0.3, 0.4) is 0 Å². The van der Waals surface area contributed by atoms with Gasteiger partial charge in [0.25, 0.3) is 0 Å². The topological polar surface area (TPSA) is 35.9 Å². The van der Waals surface area contributed by atoms with Gasteiger partial charge in [0, 0.05) is 39.3 Å². The van der Waals surface area contributed by atoms with E-state index in [1.54, 1.807) is 0 Å². The molecule has 33 heavy (non-hydrogen) atoms. The molecule has 0 saturated carbocycles. The number of hydrogen-bond acceptors (Lipinski definition) is 4. The maximum absolute atomic E-state index is 10.7. The van der Waals surface area contributed by atoms with Crippen molar-refractivity contribution < 1.29 is 9.84 Å². The summed E-state index contributed by atoms with van der Waals surface area (Å²) in [7, 11) is 0. The molecule has 0 bridgehead atoms. The second kappa shape index (κ2) is 12.5. The molecule has 172 valence electrons. The number of benzene rings is 3. The van der Waals surface area contributed by atoms with Gasteiger partial charge in [-0.25, -0.2) is 0 Å². The Morgan fingerprint density at radius 2 is 1.24 bits per heavy atom. The molecule has 1 aliphatic rings. The normalized spacial score (nSPS) is 16.4. The summed E-state index contributed by atoms with van der Waals surface area (Å²) in [4.78, 5) is 4.80. The molecule has 0 radical (unpaired) electrons. The Labute approximate surface area is 197 Å². The quantitative estimate of drug-likeness (QED) is 0.502. The maximum atomic E-state index is 10.7. The minimum Gasteiger partial charge on any atom is -0.389 e. The van der Waals surface area contributed by atoms with Crippen molar-refractivity contribution >= 4 is 6.08 Å². The van der Waals surface area contributed by atoms with Gasteiger partial charge in [-0.05, 0) is 16.7 Å². The van der Waals surface area contributed by atoms with E-state index in [1.807, 2.05) is 42.5 Å². The number of hydrogen-bond donors (Lipinski definition) is 1. The lowest BCUT2D eigenvalue weighted by molar-refractivity contribution is -0.0139. The SMILES string of the molecule is OC(COC(c1ccccc1)c1ccccc1)CN1CCN(C/C=C/c2ccccc2)CC1. The number of aliphatic hydroxyl groups excluding tert-OH is 1. The molecule has 1 heterocycles. The zero-order valence-electron chi connectivity index (χ0n) is 19.2. The summed E-state index contributed by atoms with van der Waals surface area (Å²) in [6.07, 6.45) is 3.74. The second-order valence-corrected chi connectivity index (χ2v) is 8.60. The van der Waals surface area contributed by atoms with Gasteiger partial charge in [-0.2, -0.15) is 0 Å². The first-order chi connectivity index (χ1) is 16.3. The lowest BCUT2D eigenvalue weighted by Gasteiger charge is -2.35. The molecule has 4 heteroatoms. The summed E-state index contributed by atoms with van der Waals surface area (Å²) in [6, 6.07) is 30.9. The first-order valence-electron chi connectivity index (χ1n) is 11.8. The molecule has 0 aliphatic carbocycles. The van der Waals surface area contributed by atoms with Crippen LogP contribution >= 0.6 is 0 Å². The Hall–Kier alpha value is -2.76. The van der Waals surface area contributed by atoms with Crippen molar-refractivity contribution in [1.29, 1.82) is 0 Å². The maximum Gasteiger partial charge on any atom is 0.108 e. The Bertz CT molecular complexity index is 915. The van der Waals surface area contributed by atoms with E-state index in [2.05, 4.69) is 70.5 Å². The number of ether oxygens (including phenoxy) is 1. The first kappa shape index (κ1) is 23.4. The highest BCUT2D eigenvalue weighted by Crippen LogP contribution is 2.26. The summed E-state index contributed by atoms with van der Waals surface area (Å²) in [5, 5.41) is 10.7. The van der Waals surface area contributed by atoms with Crippen molar-refractivity contribution in [1.82, 2.24) is 9.80 Å². The Kier molecular flexibility index (Phi) is 8.84. The molecule has 0 spiro atoms. The van der Waals surface area contributed by atoms with Crippen molar-refractivity contribution in [2.45, 2.75) is 12.2 Å². The highest BCUT2D eigenvalue weighted by molar-refractivity contribution is 5.48. The molecular weight excluding hydrogens is 408 g/mol. The van der Waals surface area contributed by atoms with Gasteiger partial charge in [0.1, 0.15) is 6.10 Å². The van der Waals surface area contributed by atoms with Crippen molar-refractivity contribution in [2.75, 3.05) is 45.9 Å². The third-order valence-electron chi connectivity index (χ3n) is 6.07. The number of nitrogens with zero attached hydrogens (tertiary/aromatic N) is 2. The van der Waals surface area contributed by atoms with E-state index >= 15 is 0 Å². The van der Waals surface area contributed by atoms with E-state index < -0.39 is 6.10 Å². The van der Waals surface area contributed by atoms with Crippen molar-refractivity contribution in [3.05, 3.63) is 114 Å². The molecule has 1 aliphatic heterocycles.